The molecule has 0 aromatic carbocycles. The molecule has 0 aliphatic rings. The highest BCUT2D eigenvalue weighted by molar-refractivity contribution is 5.76. The first-order valence-corrected chi connectivity index (χ1v) is 4.66. The molecule has 0 heterocycles. The van der Waals surface area contributed by atoms with E-state index in [1.165, 1.54) is 0 Å². The maximum Gasteiger partial charge on any atom is 0.322 e. The highest BCUT2D eigenvalue weighted by Crippen LogP contribution is 1.97. The molecule has 0 radical (unpaired) electrons. The minimum atomic E-state index is -0.689. The predicted octanol–water partition coefficient (Wildman–Crippen LogP) is -2.10. The Morgan fingerprint density at radius 1 is 1.47 bits per heavy atom. The van der Waals surface area contributed by atoms with Gasteiger partial charge in [0.05, 0.1) is 6.61 Å². The van der Waals surface area contributed by atoms with Crippen molar-refractivity contribution >= 4 is 11.9 Å². The second-order valence-corrected chi connectivity index (χ2v) is 2.95. The van der Waals surface area contributed by atoms with Crippen LogP contribution in [-0.2, 0) is 9.53 Å². The molecule has 0 saturated heterocycles. The van der Waals surface area contributed by atoms with E-state index in [0.717, 1.165) is 0 Å². The van der Waals surface area contributed by atoms with Gasteiger partial charge >= 0.3 is 5.97 Å². The molecule has 0 unspecified atom stereocenters. The van der Waals surface area contributed by atoms with Crippen LogP contribution in [0.15, 0.2) is 4.99 Å². The van der Waals surface area contributed by atoms with E-state index in [1.54, 1.807) is 0 Å². The van der Waals surface area contributed by atoms with Gasteiger partial charge in [0.2, 0.25) is 0 Å². The predicted molar refractivity (Wildman–Crippen MR) is 55.9 cm³/mol. The third-order valence-electron chi connectivity index (χ3n) is 1.61. The van der Waals surface area contributed by atoms with Gasteiger partial charge in [-0.3, -0.25) is 9.79 Å². The molecule has 1 atom stereocenters. The van der Waals surface area contributed by atoms with E-state index in [-0.39, 0.29) is 19.2 Å². The summed E-state index contributed by atoms with van der Waals surface area (Å²) in [6, 6.07) is -0.689. The number of carbonyl (C=O) groups is 1. The van der Waals surface area contributed by atoms with Crippen LogP contribution in [0.1, 0.15) is 12.8 Å². The lowest BCUT2D eigenvalue weighted by molar-refractivity contribution is -0.146. The third-order valence-corrected chi connectivity index (χ3v) is 1.61. The zero-order chi connectivity index (χ0) is 11.7. The summed E-state index contributed by atoms with van der Waals surface area (Å²) in [6.45, 7) is 0.205. The summed E-state index contributed by atoms with van der Waals surface area (Å²) < 4.78 is 4.63. The Morgan fingerprint density at radius 2 is 2.13 bits per heavy atom. The summed E-state index contributed by atoms with van der Waals surface area (Å²) in [6.07, 6.45) is 1.05. The molecule has 0 spiro atoms. The summed E-state index contributed by atoms with van der Waals surface area (Å²) in [5.41, 5.74) is 15.7. The number of hydrogen-bond donors (Lipinski definition) is 4. The average Bonchev–Trinajstić information content (AvgIpc) is 2.20. The maximum atomic E-state index is 11.1. The molecule has 0 aromatic heterocycles. The summed E-state index contributed by atoms with van der Waals surface area (Å²) in [5, 5.41) is 8.41. The number of rotatable bonds is 7. The number of esters is 1. The fourth-order valence-corrected chi connectivity index (χ4v) is 0.890. The van der Waals surface area contributed by atoms with Gasteiger partial charge in [0.25, 0.3) is 0 Å². The molecule has 7 nitrogen and oxygen atoms in total. The van der Waals surface area contributed by atoms with Crippen molar-refractivity contribution < 1.29 is 14.6 Å². The third kappa shape index (κ3) is 7.71. The lowest BCUT2D eigenvalue weighted by Gasteiger charge is -2.09. The molecule has 0 aromatic rings. The zero-order valence-corrected chi connectivity index (χ0v) is 8.56. The second-order valence-electron chi connectivity index (χ2n) is 2.95. The monoisotopic (exact) mass is 218 g/mol. The number of nitrogens with two attached hydrogens (primary N) is 3. The molecule has 0 bridgehead atoms. The van der Waals surface area contributed by atoms with Crippen molar-refractivity contribution in [3.05, 3.63) is 0 Å². The van der Waals surface area contributed by atoms with Gasteiger partial charge in [-0.15, -0.1) is 0 Å². The van der Waals surface area contributed by atoms with E-state index < -0.39 is 12.0 Å². The summed E-state index contributed by atoms with van der Waals surface area (Å²) in [4.78, 5) is 14.8. The van der Waals surface area contributed by atoms with Crippen molar-refractivity contribution in [3.8, 4) is 0 Å². The Labute approximate surface area is 88.3 Å². The van der Waals surface area contributed by atoms with Gasteiger partial charge in [-0.25, -0.2) is 0 Å². The van der Waals surface area contributed by atoms with Gasteiger partial charge in [-0.2, -0.15) is 0 Å². The Balaban J connectivity index is 3.59. The molecule has 0 aliphatic heterocycles. The van der Waals surface area contributed by atoms with Crippen molar-refractivity contribution in [2.75, 3.05) is 19.8 Å². The highest BCUT2D eigenvalue weighted by atomic mass is 16.5. The number of carbonyl (C=O) groups excluding carboxylic acids is 1. The number of guanidine groups is 1. The average molecular weight is 218 g/mol. The van der Waals surface area contributed by atoms with Gasteiger partial charge in [0.1, 0.15) is 12.6 Å². The first-order chi connectivity index (χ1) is 7.07. The normalized spacial score (nSPS) is 11.9. The minimum absolute atomic E-state index is 0.0198. The van der Waals surface area contributed by atoms with Gasteiger partial charge < -0.3 is 27.0 Å². The Bertz CT molecular complexity index is 216. The van der Waals surface area contributed by atoms with E-state index in [9.17, 15) is 4.79 Å². The van der Waals surface area contributed by atoms with E-state index >= 15 is 0 Å². The molecular formula is C8H18N4O3. The molecule has 7 heteroatoms. The Kier molecular flexibility index (Phi) is 7.29. The molecule has 0 saturated carbocycles. The second kappa shape index (κ2) is 8.01. The van der Waals surface area contributed by atoms with Crippen LogP contribution >= 0.6 is 0 Å². The number of hydrogen-bond acceptors (Lipinski definition) is 5. The van der Waals surface area contributed by atoms with Crippen molar-refractivity contribution in [1.82, 2.24) is 0 Å². The lowest BCUT2D eigenvalue weighted by atomic mass is 10.2. The van der Waals surface area contributed by atoms with Crippen LogP contribution in [0.5, 0.6) is 0 Å². The number of ether oxygens (including phenoxy) is 1. The van der Waals surface area contributed by atoms with E-state index in [0.29, 0.717) is 19.4 Å². The molecule has 0 rings (SSSR count). The summed E-state index contributed by atoms with van der Waals surface area (Å²) in [7, 11) is 0. The lowest BCUT2D eigenvalue weighted by Crippen LogP contribution is -2.33. The van der Waals surface area contributed by atoms with Gasteiger partial charge in [-0.05, 0) is 12.8 Å². The number of aliphatic hydroxyl groups excluding tert-OH is 1. The minimum Gasteiger partial charge on any atom is -0.462 e. The quantitative estimate of drug-likeness (QED) is 0.167. The molecule has 7 N–H and O–H groups in total. The zero-order valence-electron chi connectivity index (χ0n) is 8.56. The van der Waals surface area contributed by atoms with Crippen molar-refractivity contribution in [1.29, 1.82) is 0 Å². The summed E-state index contributed by atoms with van der Waals surface area (Å²) >= 11 is 0. The molecular weight excluding hydrogens is 200 g/mol. The number of nitrogens with zero attached hydrogens (tertiary/aromatic N) is 1. The SMILES string of the molecule is NC(N)=NCCC[C@H](N)C(=O)OCCO. The fraction of sp³-hybridized carbons (Fsp3) is 0.750. The van der Waals surface area contributed by atoms with Crippen LogP contribution in [0.4, 0.5) is 0 Å². The summed E-state index contributed by atoms with van der Waals surface area (Å²) in [5.74, 6) is -0.500. The molecule has 0 fully saturated rings. The van der Waals surface area contributed by atoms with E-state index in [1.807, 2.05) is 0 Å². The molecule has 15 heavy (non-hydrogen) atoms. The van der Waals surface area contributed by atoms with Crippen molar-refractivity contribution in [2.45, 2.75) is 18.9 Å². The molecule has 0 aliphatic carbocycles. The number of aliphatic hydroxyl groups is 1. The van der Waals surface area contributed by atoms with Crippen molar-refractivity contribution in [3.63, 3.8) is 0 Å². The van der Waals surface area contributed by atoms with Crippen LogP contribution in [0.2, 0.25) is 0 Å². The maximum absolute atomic E-state index is 11.1. The van der Waals surface area contributed by atoms with E-state index in [4.69, 9.17) is 22.3 Å². The van der Waals surface area contributed by atoms with Gasteiger partial charge in [0, 0.05) is 6.54 Å². The Morgan fingerprint density at radius 3 is 2.67 bits per heavy atom. The largest absolute Gasteiger partial charge is 0.462 e. The Hall–Kier alpha value is -1.34. The first-order valence-electron chi connectivity index (χ1n) is 4.66. The fourth-order valence-electron chi connectivity index (χ4n) is 0.890. The molecule has 88 valence electrons. The standard InChI is InChI=1S/C8H18N4O3/c9-6(7(14)15-5-4-13)2-1-3-12-8(10)11/h6,13H,1-5,9H2,(H4,10,11,12)/t6-/m0/s1. The smallest absolute Gasteiger partial charge is 0.322 e. The van der Waals surface area contributed by atoms with Gasteiger partial charge in [-0.1, -0.05) is 0 Å². The first kappa shape index (κ1) is 13.7. The highest BCUT2D eigenvalue weighted by Gasteiger charge is 2.13. The van der Waals surface area contributed by atoms with E-state index in [2.05, 4.69) is 9.73 Å². The topological polar surface area (TPSA) is 137 Å². The number of aliphatic imine (C=N–C) groups is 1. The van der Waals surface area contributed by atoms with Crippen LogP contribution < -0.4 is 17.2 Å². The van der Waals surface area contributed by atoms with Crippen LogP contribution in [0, 0.1) is 0 Å². The van der Waals surface area contributed by atoms with Gasteiger partial charge in [0.15, 0.2) is 5.96 Å². The molecule has 0 amide bonds. The van der Waals surface area contributed by atoms with Crippen molar-refractivity contribution in [2.24, 2.45) is 22.2 Å². The van der Waals surface area contributed by atoms with Crippen LogP contribution in [-0.4, -0.2) is 42.8 Å². The van der Waals surface area contributed by atoms with Crippen LogP contribution in [0.3, 0.4) is 0 Å². The van der Waals surface area contributed by atoms with Crippen LogP contribution in [0.25, 0.3) is 0 Å².